The van der Waals surface area contributed by atoms with Gasteiger partial charge in [0.2, 0.25) is 5.91 Å². The molecule has 0 saturated carbocycles. The molecule has 0 atom stereocenters. The SMILES string of the molecule is CCOc1cc(/C=N/NC(=O)CSc2nc(C)cc(COC)c2C#N)ccc1OCC(=O)Nc1ccc(C)cc1. The molecule has 208 valence electrons. The van der Waals surface area contributed by atoms with Crippen LogP contribution in [0, 0.1) is 25.2 Å². The van der Waals surface area contributed by atoms with Crippen LogP contribution in [-0.2, 0) is 20.9 Å². The lowest BCUT2D eigenvalue weighted by molar-refractivity contribution is -0.119. The van der Waals surface area contributed by atoms with Gasteiger partial charge in [-0.3, -0.25) is 9.59 Å². The highest BCUT2D eigenvalue weighted by atomic mass is 32.2. The van der Waals surface area contributed by atoms with E-state index in [1.54, 1.807) is 31.4 Å². The number of nitriles is 1. The number of ether oxygens (including phenoxy) is 3. The van der Waals surface area contributed by atoms with Crippen LogP contribution in [0.4, 0.5) is 5.69 Å². The molecule has 2 N–H and O–H groups in total. The van der Waals surface area contributed by atoms with Gasteiger partial charge in [0.05, 0.1) is 30.7 Å². The van der Waals surface area contributed by atoms with E-state index in [2.05, 4.69) is 26.9 Å². The molecule has 1 aromatic heterocycles. The zero-order valence-corrected chi connectivity index (χ0v) is 23.6. The van der Waals surface area contributed by atoms with Crippen molar-refractivity contribution < 1.29 is 23.8 Å². The highest BCUT2D eigenvalue weighted by Crippen LogP contribution is 2.28. The Hall–Kier alpha value is -4.40. The quantitative estimate of drug-likeness (QED) is 0.178. The number of hydrogen-bond donors (Lipinski definition) is 2. The van der Waals surface area contributed by atoms with Crippen LogP contribution in [0.5, 0.6) is 11.5 Å². The van der Waals surface area contributed by atoms with E-state index in [4.69, 9.17) is 14.2 Å². The number of amides is 2. The summed E-state index contributed by atoms with van der Waals surface area (Å²) in [6.07, 6.45) is 1.47. The molecule has 0 saturated heterocycles. The fourth-order valence-corrected chi connectivity index (χ4v) is 4.38. The first-order valence-electron chi connectivity index (χ1n) is 12.4. The van der Waals surface area contributed by atoms with E-state index in [0.717, 1.165) is 28.6 Å². The Morgan fingerprint density at radius 2 is 1.85 bits per heavy atom. The van der Waals surface area contributed by atoms with Gasteiger partial charge in [0.25, 0.3) is 5.91 Å². The van der Waals surface area contributed by atoms with Gasteiger partial charge in [0.1, 0.15) is 11.1 Å². The second-order valence-corrected chi connectivity index (χ2v) is 9.54. The molecule has 0 bridgehead atoms. The predicted octanol–water partition coefficient (Wildman–Crippen LogP) is 4.38. The third kappa shape index (κ3) is 9.11. The van der Waals surface area contributed by atoms with Crippen LogP contribution in [0.2, 0.25) is 0 Å². The number of nitrogens with one attached hydrogen (secondary N) is 2. The van der Waals surface area contributed by atoms with Crippen molar-refractivity contribution in [1.82, 2.24) is 10.4 Å². The zero-order valence-electron chi connectivity index (χ0n) is 22.8. The van der Waals surface area contributed by atoms with Gasteiger partial charge in [-0.2, -0.15) is 10.4 Å². The zero-order chi connectivity index (χ0) is 28.9. The minimum atomic E-state index is -0.355. The molecule has 0 unspecified atom stereocenters. The fraction of sp³-hybridized carbons (Fsp3) is 0.276. The summed E-state index contributed by atoms with van der Waals surface area (Å²) < 4.78 is 16.5. The minimum Gasteiger partial charge on any atom is -0.490 e. The van der Waals surface area contributed by atoms with Crippen molar-refractivity contribution in [1.29, 1.82) is 5.26 Å². The first-order valence-corrected chi connectivity index (χ1v) is 13.4. The lowest BCUT2D eigenvalue weighted by Gasteiger charge is -2.12. The van der Waals surface area contributed by atoms with Gasteiger partial charge in [-0.15, -0.1) is 0 Å². The van der Waals surface area contributed by atoms with Crippen LogP contribution >= 0.6 is 11.8 Å². The predicted molar refractivity (Wildman–Crippen MR) is 154 cm³/mol. The molecular weight excluding hydrogens is 530 g/mol. The second kappa shape index (κ2) is 15.3. The van der Waals surface area contributed by atoms with Crippen molar-refractivity contribution in [2.75, 3.05) is 31.4 Å². The number of methoxy groups -OCH3 is 1. The Bertz CT molecular complexity index is 1400. The Balaban J connectivity index is 1.56. The molecule has 3 aromatic rings. The number of aryl methyl sites for hydroxylation is 2. The average Bonchev–Trinajstić information content (AvgIpc) is 2.93. The largest absolute Gasteiger partial charge is 0.490 e. The van der Waals surface area contributed by atoms with Crippen molar-refractivity contribution in [3.63, 3.8) is 0 Å². The van der Waals surface area contributed by atoms with E-state index in [-0.39, 0.29) is 30.8 Å². The molecule has 0 aliphatic carbocycles. The van der Waals surface area contributed by atoms with Gasteiger partial charge >= 0.3 is 0 Å². The van der Waals surface area contributed by atoms with Crippen molar-refractivity contribution in [2.45, 2.75) is 32.4 Å². The maximum absolute atomic E-state index is 12.4. The summed E-state index contributed by atoms with van der Waals surface area (Å²) in [4.78, 5) is 29.0. The van der Waals surface area contributed by atoms with E-state index >= 15 is 0 Å². The number of rotatable bonds is 13. The highest BCUT2D eigenvalue weighted by molar-refractivity contribution is 8.00. The Morgan fingerprint density at radius 3 is 2.55 bits per heavy atom. The third-order valence-electron chi connectivity index (χ3n) is 5.31. The molecule has 0 aliphatic rings. The van der Waals surface area contributed by atoms with Gasteiger partial charge in [-0.25, -0.2) is 10.4 Å². The van der Waals surface area contributed by atoms with Crippen molar-refractivity contribution >= 4 is 35.5 Å². The maximum Gasteiger partial charge on any atom is 0.262 e. The molecule has 2 aromatic carbocycles. The number of hydrogen-bond acceptors (Lipinski definition) is 9. The first-order chi connectivity index (χ1) is 19.3. The standard InChI is InChI=1S/C29H31N5O5S/c1-5-38-26-13-21(8-11-25(26)39-17-27(35)33-23-9-6-19(2)7-10-23)15-31-34-28(36)18-40-29-24(14-30)22(16-37-4)12-20(3)32-29/h6-13,15H,5,16-18H2,1-4H3,(H,33,35)(H,34,36)/b31-15+. The molecule has 1 heterocycles. The average molecular weight is 562 g/mol. The number of carbonyl (C=O) groups excluding carboxylic acids is 2. The molecule has 10 nitrogen and oxygen atoms in total. The monoisotopic (exact) mass is 561 g/mol. The number of nitrogens with zero attached hydrogens (tertiary/aromatic N) is 3. The molecule has 11 heteroatoms. The third-order valence-corrected chi connectivity index (χ3v) is 6.29. The summed E-state index contributed by atoms with van der Waals surface area (Å²) in [6.45, 7) is 6.12. The van der Waals surface area contributed by atoms with Crippen LogP contribution in [-0.4, -0.2) is 49.1 Å². The van der Waals surface area contributed by atoms with E-state index in [1.165, 1.54) is 6.21 Å². The molecule has 0 radical (unpaired) electrons. The first kappa shape index (κ1) is 30.1. The smallest absolute Gasteiger partial charge is 0.262 e. The Morgan fingerprint density at radius 1 is 1.07 bits per heavy atom. The van der Waals surface area contributed by atoms with Crippen LogP contribution in [0.25, 0.3) is 0 Å². The second-order valence-electron chi connectivity index (χ2n) is 8.57. The highest BCUT2D eigenvalue weighted by Gasteiger charge is 2.14. The molecular formula is C29H31N5O5S. The van der Waals surface area contributed by atoms with Gasteiger partial charge in [0.15, 0.2) is 18.1 Å². The van der Waals surface area contributed by atoms with Gasteiger partial charge < -0.3 is 19.5 Å². The summed E-state index contributed by atoms with van der Waals surface area (Å²) in [5.74, 6) is 0.223. The van der Waals surface area contributed by atoms with Crippen molar-refractivity contribution in [3.05, 3.63) is 76.5 Å². The summed E-state index contributed by atoms with van der Waals surface area (Å²) in [5.41, 5.74) is 6.77. The molecule has 40 heavy (non-hydrogen) atoms. The molecule has 3 rings (SSSR count). The molecule has 0 aliphatic heterocycles. The fourth-order valence-electron chi connectivity index (χ4n) is 3.52. The van der Waals surface area contributed by atoms with E-state index < -0.39 is 0 Å². The summed E-state index contributed by atoms with van der Waals surface area (Å²) in [6, 6.07) is 16.5. The summed E-state index contributed by atoms with van der Waals surface area (Å²) in [5, 5.41) is 16.8. The van der Waals surface area contributed by atoms with Crippen LogP contribution in [0.15, 0.2) is 58.7 Å². The summed E-state index contributed by atoms with van der Waals surface area (Å²) >= 11 is 1.16. The van der Waals surface area contributed by atoms with E-state index in [9.17, 15) is 14.9 Å². The minimum absolute atomic E-state index is 0.0243. The maximum atomic E-state index is 12.4. The Labute approximate surface area is 237 Å². The van der Waals surface area contributed by atoms with Crippen LogP contribution < -0.4 is 20.2 Å². The van der Waals surface area contributed by atoms with Crippen LogP contribution in [0.1, 0.15) is 34.9 Å². The van der Waals surface area contributed by atoms with Gasteiger partial charge in [-0.1, -0.05) is 29.5 Å². The lowest BCUT2D eigenvalue weighted by Crippen LogP contribution is -2.20. The lowest BCUT2D eigenvalue weighted by atomic mass is 10.1. The molecule has 2 amide bonds. The normalized spacial score (nSPS) is 10.7. The van der Waals surface area contributed by atoms with Crippen molar-refractivity contribution in [2.24, 2.45) is 5.10 Å². The van der Waals surface area contributed by atoms with Gasteiger partial charge in [-0.05, 0) is 68.3 Å². The number of hydrazone groups is 1. The van der Waals surface area contributed by atoms with E-state index in [0.29, 0.717) is 39.9 Å². The Kier molecular flexibility index (Phi) is 11.5. The van der Waals surface area contributed by atoms with E-state index in [1.807, 2.05) is 45.0 Å². The van der Waals surface area contributed by atoms with Gasteiger partial charge in [0, 0.05) is 18.5 Å². The number of carbonyl (C=O) groups is 2. The number of aromatic nitrogens is 1. The number of thioether (sulfide) groups is 1. The number of benzene rings is 2. The molecule has 0 fully saturated rings. The molecule has 0 spiro atoms. The van der Waals surface area contributed by atoms with Crippen molar-refractivity contribution in [3.8, 4) is 17.6 Å². The number of anilines is 1. The topological polar surface area (TPSA) is 135 Å². The van der Waals surface area contributed by atoms with Crippen LogP contribution in [0.3, 0.4) is 0 Å². The number of pyridine rings is 1. The summed E-state index contributed by atoms with van der Waals surface area (Å²) in [7, 11) is 1.55.